The summed E-state index contributed by atoms with van der Waals surface area (Å²) in [6.07, 6.45) is 5.08. The molecule has 86 valence electrons. The molecule has 0 aliphatic heterocycles. The van der Waals surface area contributed by atoms with Gasteiger partial charge in [-0.05, 0) is 18.6 Å². The topological polar surface area (TPSA) is 85.2 Å². The Hall–Kier alpha value is -2.04. The lowest BCUT2D eigenvalue weighted by Gasteiger charge is -1.97. The molecular weight excluding hydrogens is 208 g/mol. The van der Waals surface area contributed by atoms with Crippen LogP contribution in [0, 0.1) is 0 Å². The molecule has 16 heavy (non-hydrogen) atoms. The fourth-order valence-corrected chi connectivity index (χ4v) is 1.13. The van der Waals surface area contributed by atoms with Crippen LogP contribution in [0.2, 0.25) is 0 Å². The third-order valence-corrected chi connectivity index (χ3v) is 1.85. The molecule has 1 rings (SSSR count). The summed E-state index contributed by atoms with van der Waals surface area (Å²) in [5, 5.41) is 0. The minimum Gasteiger partial charge on any atom is -0.466 e. The van der Waals surface area contributed by atoms with E-state index in [2.05, 4.69) is 4.98 Å². The Bertz CT molecular complexity index is 449. The molecule has 1 aromatic heterocycles. The summed E-state index contributed by atoms with van der Waals surface area (Å²) in [4.78, 5) is 24.4. The molecule has 3 N–H and O–H groups in total. The summed E-state index contributed by atoms with van der Waals surface area (Å²) in [5.74, 6) is -0.281. The molecule has 0 bridgehead atoms. The molecule has 0 aliphatic carbocycles. The van der Waals surface area contributed by atoms with Gasteiger partial charge in [-0.15, -0.1) is 0 Å². The fourth-order valence-electron chi connectivity index (χ4n) is 1.13. The van der Waals surface area contributed by atoms with Crippen LogP contribution in [0.15, 0.2) is 23.1 Å². The van der Waals surface area contributed by atoms with Gasteiger partial charge in [0.2, 0.25) is 0 Å². The first-order valence-electron chi connectivity index (χ1n) is 4.94. The molecule has 0 spiro atoms. The van der Waals surface area contributed by atoms with Crippen LogP contribution < -0.4 is 11.3 Å². The first-order valence-corrected chi connectivity index (χ1v) is 4.94. The number of aromatic amines is 1. The number of anilines is 1. The van der Waals surface area contributed by atoms with Gasteiger partial charge < -0.3 is 15.5 Å². The van der Waals surface area contributed by atoms with E-state index in [4.69, 9.17) is 10.5 Å². The first-order chi connectivity index (χ1) is 7.63. The Morgan fingerprint density at radius 3 is 3.00 bits per heavy atom. The average molecular weight is 222 g/mol. The van der Waals surface area contributed by atoms with E-state index in [1.54, 1.807) is 25.1 Å². The number of H-pyrrole nitrogens is 1. The monoisotopic (exact) mass is 222 g/mol. The highest BCUT2D eigenvalue weighted by molar-refractivity contribution is 5.72. The number of pyridine rings is 1. The third-order valence-electron chi connectivity index (χ3n) is 1.85. The quantitative estimate of drug-likeness (QED) is 0.742. The number of carbonyl (C=O) groups is 1. The highest BCUT2D eigenvalue weighted by atomic mass is 16.5. The van der Waals surface area contributed by atoms with E-state index in [0.29, 0.717) is 6.61 Å². The molecule has 0 saturated heterocycles. The van der Waals surface area contributed by atoms with E-state index in [1.807, 2.05) is 0 Å². The van der Waals surface area contributed by atoms with Crippen molar-refractivity contribution in [2.24, 2.45) is 0 Å². The molecular formula is C11H14N2O3. The lowest BCUT2D eigenvalue weighted by atomic mass is 10.2. The number of ether oxygens (including phenoxy) is 1. The van der Waals surface area contributed by atoms with Gasteiger partial charge in [0, 0.05) is 6.20 Å². The largest absolute Gasteiger partial charge is 0.466 e. The maximum atomic E-state index is 11.0. The van der Waals surface area contributed by atoms with E-state index in [-0.39, 0.29) is 23.6 Å². The van der Waals surface area contributed by atoms with Crippen molar-refractivity contribution >= 4 is 17.7 Å². The van der Waals surface area contributed by atoms with Gasteiger partial charge in [0.25, 0.3) is 5.56 Å². The van der Waals surface area contributed by atoms with Crippen LogP contribution in [0.25, 0.3) is 6.08 Å². The van der Waals surface area contributed by atoms with Gasteiger partial charge in [-0.2, -0.15) is 0 Å². The maximum absolute atomic E-state index is 11.0. The van der Waals surface area contributed by atoms with Crippen molar-refractivity contribution in [2.75, 3.05) is 12.3 Å². The number of hydrogen-bond acceptors (Lipinski definition) is 4. The number of nitrogens with one attached hydrogen (secondary N) is 1. The van der Waals surface area contributed by atoms with E-state index in [0.717, 1.165) is 5.56 Å². The van der Waals surface area contributed by atoms with Crippen LogP contribution in [0.1, 0.15) is 18.9 Å². The molecule has 5 nitrogen and oxygen atoms in total. The highest BCUT2D eigenvalue weighted by Crippen LogP contribution is 2.03. The van der Waals surface area contributed by atoms with Crippen molar-refractivity contribution < 1.29 is 9.53 Å². The summed E-state index contributed by atoms with van der Waals surface area (Å²) in [7, 11) is 0. The van der Waals surface area contributed by atoms with E-state index in [9.17, 15) is 9.59 Å². The van der Waals surface area contributed by atoms with Gasteiger partial charge in [-0.25, -0.2) is 0 Å². The smallest absolute Gasteiger partial charge is 0.309 e. The van der Waals surface area contributed by atoms with Gasteiger partial charge in [0.1, 0.15) is 0 Å². The molecule has 0 aromatic carbocycles. The zero-order valence-corrected chi connectivity index (χ0v) is 9.03. The number of nitrogen functional groups attached to an aromatic ring is 1. The number of aromatic nitrogens is 1. The van der Waals surface area contributed by atoms with Gasteiger partial charge in [0.15, 0.2) is 0 Å². The zero-order chi connectivity index (χ0) is 12.0. The lowest BCUT2D eigenvalue weighted by Crippen LogP contribution is -2.10. The lowest BCUT2D eigenvalue weighted by molar-refractivity contribution is -0.142. The van der Waals surface area contributed by atoms with Crippen LogP contribution in [0.4, 0.5) is 5.69 Å². The average Bonchev–Trinajstić information content (AvgIpc) is 2.24. The molecule has 0 atom stereocenters. The summed E-state index contributed by atoms with van der Waals surface area (Å²) >= 11 is 0. The molecule has 0 fully saturated rings. The molecule has 0 radical (unpaired) electrons. The zero-order valence-electron chi connectivity index (χ0n) is 9.03. The fraction of sp³-hybridized carbons (Fsp3) is 0.273. The van der Waals surface area contributed by atoms with Gasteiger partial charge >= 0.3 is 5.97 Å². The summed E-state index contributed by atoms with van der Waals surface area (Å²) in [5.41, 5.74) is 6.00. The Labute approximate surface area is 92.9 Å². The third kappa shape index (κ3) is 3.61. The second-order valence-electron chi connectivity index (χ2n) is 3.13. The normalized spacial score (nSPS) is 10.6. The van der Waals surface area contributed by atoms with Crippen LogP contribution in [-0.4, -0.2) is 17.6 Å². The van der Waals surface area contributed by atoms with Crippen molar-refractivity contribution in [3.05, 3.63) is 34.3 Å². The number of nitrogens with two attached hydrogens (primary N) is 1. The van der Waals surface area contributed by atoms with Crippen molar-refractivity contribution in [1.29, 1.82) is 0 Å². The summed E-state index contributed by atoms with van der Waals surface area (Å²) < 4.78 is 4.75. The van der Waals surface area contributed by atoms with Crippen LogP contribution in [0.3, 0.4) is 0 Å². The summed E-state index contributed by atoms with van der Waals surface area (Å²) in [6.45, 7) is 2.13. The van der Waals surface area contributed by atoms with Crippen molar-refractivity contribution in [1.82, 2.24) is 4.98 Å². The minimum absolute atomic E-state index is 0.151. The number of hydrogen-bond donors (Lipinski definition) is 2. The van der Waals surface area contributed by atoms with Crippen LogP contribution in [0.5, 0.6) is 0 Å². The number of carbonyl (C=O) groups excluding carboxylic acids is 1. The van der Waals surface area contributed by atoms with E-state index >= 15 is 0 Å². The van der Waals surface area contributed by atoms with E-state index < -0.39 is 0 Å². The number of rotatable bonds is 4. The Morgan fingerprint density at radius 2 is 2.38 bits per heavy atom. The first kappa shape index (κ1) is 12.0. The van der Waals surface area contributed by atoms with Crippen molar-refractivity contribution in [2.45, 2.75) is 13.3 Å². The SMILES string of the molecule is CCOC(=O)CC=Cc1c[nH]c(=O)c(N)c1. The predicted molar refractivity (Wildman–Crippen MR) is 61.8 cm³/mol. The molecule has 0 saturated carbocycles. The van der Waals surface area contributed by atoms with Crippen molar-refractivity contribution in [3.63, 3.8) is 0 Å². The second-order valence-corrected chi connectivity index (χ2v) is 3.13. The van der Waals surface area contributed by atoms with Crippen LogP contribution in [-0.2, 0) is 9.53 Å². The molecule has 0 amide bonds. The Morgan fingerprint density at radius 1 is 1.62 bits per heavy atom. The summed E-state index contributed by atoms with van der Waals surface area (Å²) in [6, 6.07) is 1.54. The molecule has 0 aliphatic rings. The molecule has 1 heterocycles. The Balaban J connectivity index is 2.59. The molecule has 0 unspecified atom stereocenters. The second kappa shape index (κ2) is 5.75. The van der Waals surface area contributed by atoms with Crippen LogP contribution >= 0.6 is 0 Å². The highest BCUT2D eigenvalue weighted by Gasteiger charge is 1.97. The van der Waals surface area contributed by atoms with Crippen molar-refractivity contribution in [3.8, 4) is 0 Å². The number of esters is 1. The van der Waals surface area contributed by atoms with E-state index in [1.165, 1.54) is 6.20 Å². The van der Waals surface area contributed by atoms with Gasteiger partial charge in [-0.1, -0.05) is 12.2 Å². The minimum atomic E-state index is -0.317. The standard InChI is InChI=1S/C11H14N2O3/c1-2-16-10(14)5-3-4-8-6-9(12)11(15)13-7-8/h3-4,6-7H,2,5,12H2,1H3,(H,13,15). The van der Waals surface area contributed by atoms with Gasteiger partial charge in [0.05, 0.1) is 18.7 Å². The molecule has 1 aromatic rings. The Kier molecular flexibility index (Phi) is 4.32. The maximum Gasteiger partial charge on any atom is 0.309 e. The predicted octanol–water partition coefficient (Wildman–Crippen LogP) is 0.923. The van der Waals surface area contributed by atoms with Gasteiger partial charge in [-0.3, -0.25) is 9.59 Å². The molecule has 5 heteroatoms.